The number of nitrogens with one attached hydrogen (secondary N) is 1. The number of carbonyl (C=O) groups is 1. The minimum Gasteiger partial charge on any atom is -0.497 e. The van der Waals surface area contributed by atoms with Crippen LogP contribution in [0.15, 0.2) is 56.5 Å². The van der Waals surface area contributed by atoms with Crippen LogP contribution in [0.5, 0.6) is 11.5 Å². The van der Waals surface area contributed by atoms with Crippen LogP contribution in [0.1, 0.15) is 5.56 Å². The van der Waals surface area contributed by atoms with Gasteiger partial charge in [0.15, 0.2) is 6.61 Å². The Morgan fingerprint density at radius 1 is 1.17 bits per heavy atom. The third-order valence-electron chi connectivity index (χ3n) is 2.78. The molecule has 0 radical (unpaired) electrons. The SMILES string of the molecule is COc1ccc(Br)c(C=NNC(=O)COc2ccc(Br)cc2)c1. The number of benzene rings is 2. The highest BCUT2D eigenvalue weighted by Gasteiger charge is 2.02. The van der Waals surface area contributed by atoms with Crippen LogP contribution < -0.4 is 14.9 Å². The van der Waals surface area contributed by atoms with Gasteiger partial charge in [-0.05, 0) is 42.5 Å². The minimum atomic E-state index is -0.344. The molecule has 0 aliphatic rings. The molecule has 0 saturated heterocycles. The number of amides is 1. The normalized spacial score (nSPS) is 10.6. The van der Waals surface area contributed by atoms with Crippen LogP contribution >= 0.6 is 31.9 Å². The lowest BCUT2D eigenvalue weighted by Gasteiger charge is -2.05. The molecule has 5 nitrogen and oxygen atoms in total. The molecule has 2 aromatic rings. The Bertz CT molecular complexity index is 703. The summed E-state index contributed by atoms with van der Waals surface area (Å²) in [5.74, 6) is 0.977. The second kappa shape index (κ2) is 8.69. The topological polar surface area (TPSA) is 59.9 Å². The number of hydrogen-bond acceptors (Lipinski definition) is 4. The van der Waals surface area contributed by atoms with E-state index in [1.165, 1.54) is 6.21 Å². The minimum absolute atomic E-state index is 0.113. The zero-order valence-corrected chi connectivity index (χ0v) is 15.4. The number of carbonyl (C=O) groups excluding carboxylic acids is 1. The Labute approximate surface area is 150 Å². The lowest BCUT2D eigenvalue weighted by atomic mass is 10.2. The molecule has 0 spiro atoms. The van der Waals surface area contributed by atoms with Gasteiger partial charge in [-0.15, -0.1) is 0 Å². The summed E-state index contributed by atoms with van der Waals surface area (Å²) < 4.78 is 12.3. The molecule has 0 unspecified atom stereocenters. The molecule has 23 heavy (non-hydrogen) atoms. The predicted octanol–water partition coefficient (Wildman–Crippen LogP) is 3.75. The highest BCUT2D eigenvalue weighted by atomic mass is 79.9. The van der Waals surface area contributed by atoms with Crippen molar-refractivity contribution in [2.75, 3.05) is 13.7 Å². The molecule has 2 rings (SSSR count). The highest BCUT2D eigenvalue weighted by molar-refractivity contribution is 9.10. The van der Waals surface area contributed by atoms with Gasteiger partial charge in [0, 0.05) is 14.5 Å². The van der Waals surface area contributed by atoms with Crippen LogP contribution in [-0.2, 0) is 4.79 Å². The third-order valence-corrected chi connectivity index (χ3v) is 4.03. The Hall–Kier alpha value is -1.86. The van der Waals surface area contributed by atoms with Crippen LogP contribution in [0, 0.1) is 0 Å². The number of ether oxygens (including phenoxy) is 2. The zero-order valence-electron chi connectivity index (χ0n) is 12.3. The summed E-state index contributed by atoms with van der Waals surface area (Å²) in [7, 11) is 1.59. The number of rotatable bonds is 6. The Morgan fingerprint density at radius 2 is 1.87 bits per heavy atom. The van der Waals surface area contributed by atoms with Crippen molar-refractivity contribution in [3.8, 4) is 11.5 Å². The smallest absolute Gasteiger partial charge is 0.277 e. The fraction of sp³-hybridized carbons (Fsp3) is 0.125. The molecule has 1 N–H and O–H groups in total. The Morgan fingerprint density at radius 3 is 2.57 bits per heavy atom. The van der Waals surface area contributed by atoms with Gasteiger partial charge in [0.05, 0.1) is 13.3 Å². The van der Waals surface area contributed by atoms with Gasteiger partial charge in [0.1, 0.15) is 11.5 Å². The van der Waals surface area contributed by atoms with Gasteiger partial charge in [0.25, 0.3) is 5.91 Å². The molecule has 1 amide bonds. The molecule has 0 bridgehead atoms. The first-order chi connectivity index (χ1) is 11.1. The van der Waals surface area contributed by atoms with Crippen molar-refractivity contribution in [3.63, 3.8) is 0 Å². The van der Waals surface area contributed by atoms with Crippen molar-refractivity contribution in [1.29, 1.82) is 0 Å². The van der Waals surface area contributed by atoms with Crippen molar-refractivity contribution in [3.05, 3.63) is 57.0 Å². The Balaban J connectivity index is 1.85. The number of hydrazone groups is 1. The van der Waals surface area contributed by atoms with Gasteiger partial charge in [-0.3, -0.25) is 4.79 Å². The number of nitrogens with zero attached hydrogens (tertiary/aromatic N) is 1. The summed E-state index contributed by atoms with van der Waals surface area (Å²) in [4.78, 5) is 11.7. The summed E-state index contributed by atoms with van der Waals surface area (Å²) in [5.41, 5.74) is 3.20. The van der Waals surface area contributed by atoms with Crippen LogP contribution in [0.4, 0.5) is 0 Å². The van der Waals surface area contributed by atoms with Crippen molar-refractivity contribution in [2.45, 2.75) is 0 Å². The van der Waals surface area contributed by atoms with Gasteiger partial charge in [-0.25, -0.2) is 5.43 Å². The Kier molecular flexibility index (Phi) is 6.61. The first-order valence-corrected chi connectivity index (χ1v) is 8.21. The summed E-state index contributed by atoms with van der Waals surface area (Å²) in [5, 5.41) is 3.91. The van der Waals surface area contributed by atoms with Crippen molar-refractivity contribution >= 4 is 44.0 Å². The maximum atomic E-state index is 11.7. The van der Waals surface area contributed by atoms with E-state index in [1.807, 2.05) is 24.3 Å². The molecule has 0 aliphatic heterocycles. The molecular formula is C16H14Br2N2O3. The van der Waals surface area contributed by atoms with E-state index in [0.717, 1.165) is 14.5 Å². The molecular weight excluding hydrogens is 428 g/mol. The van der Waals surface area contributed by atoms with Crippen LogP contribution in [0.2, 0.25) is 0 Å². The fourth-order valence-electron chi connectivity index (χ4n) is 1.63. The lowest BCUT2D eigenvalue weighted by Crippen LogP contribution is -2.24. The van der Waals surface area contributed by atoms with E-state index < -0.39 is 0 Å². The predicted molar refractivity (Wildman–Crippen MR) is 96.1 cm³/mol. The fourth-order valence-corrected chi connectivity index (χ4v) is 2.25. The van der Waals surface area contributed by atoms with E-state index in [9.17, 15) is 4.79 Å². The van der Waals surface area contributed by atoms with Crippen LogP contribution in [0.3, 0.4) is 0 Å². The standard InChI is InChI=1S/C16H14Br2N2O3/c1-22-14-6-7-15(18)11(8-14)9-19-20-16(21)10-23-13-4-2-12(17)3-5-13/h2-9H,10H2,1H3,(H,20,21). The van der Waals surface area contributed by atoms with Gasteiger partial charge < -0.3 is 9.47 Å². The second-order valence-corrected chi connectivity index (χ2v) is 6.19. The van der Waals surface area contributed by atoms with Crippen molar-refractivity contribution < 1.29 is 14.3 Å². The molecule has 0 saturated carbocycles. The first kappa shape index (κ1) is 17.5. The van der Waals surface area contributed by atoms with E-state index in [2.05, 4.69) is 42.4 Å². The highest BCUT2D eigenvalue weighted by Crippen LogP contribution is 2.20. The summed E-state index contributed by atoms with van der Waals surface area (Å²) in [6.07, 6.45) is 1.53. The molecule has 0 heterocycles. The van der Waals surface area contributed by atoms with E-state index in [1.54, 1.807) is 25.3 Å². The summed E-state index contributed by atoms with van der Waals surface area (Å²) in [6, 6.07) is 12.7. The van der Waals surface area contributed by atoms with E-state index in [4.69, 9.17) is 9.47 Å². The molecule has 0 aromatic heterocycles. The quantitative estimate of drug-likeness (QED) is 0.548. The summed E-state index contributed by atoms with van der Waals surface area (Å²) >= 11 is 6.74. The number of halogens is 2. The first-order valence-electron chi connectivity index (χ1n) is 6.62. The second-order valence-electron chi connectivity index (χ2n) is 4.42. The number of hydrogen-bond donors (Lipinski definition) is 1. The van der Waals surface area contributed by atoms with Crippen LogP contribution in [-0.4, -0.2) is 25.8 Å². The summed E-state index contributed by atoms with van der Waals surface area (Å²) in [6.45, 7) is -0.113. The molecule has 2 aromatic carbocycles. The molecule has 120 valence electrons. The maximum Gasteiger partial charge on any atom is 0.277 e. The third kappa shape index (κ3) is 5.69. The molecule has 7 heteroatoms. The van der Waals surface area contributed by atoms with Crippen molar-refractivity contribution in [2.24, 2.45) is 5.10 Å². The van der Waals surface area contributed by atoms with E-state index >= 15 is 0 Å². The van der Waals surface area contributed by atoms with E-state index in [-0.39, 0.29) is 12.5 Å². The molecule has 0 aliphatic carbocycles. The zero-order chi connectivity index (χ0) is 16.7. The average molecular weight is 442 g/mol. The average Bonchev–Trinajstić information content (AvgIpc) is 2.56. The molecule has 0 fully saturated rings. The van der Waals surface area contributed by atoms with E-state index in [0.29, 0.717) is 11.5 Å². The largest absolute Gasteiger partial charge is 0.497 e. The van der Waals surface area contributed by atoms with Gasteiger partial charge >= 0.3 is 0 Å². The monoisotopic (exact) mass is 440 g/mol. The van der Waals surface area contributed by atoms with Gasteiger partial charge in [0.2, 0.25) is 0 Å². The number of methoxy groups -OCH3 is 1. The van der Waals surface area contributed by atoms with Crippen LogP contribution in [0.25, 0.3) is 0 Å². The lowest BCUT2D eigenvalue weighted by molar-refractivity contribution is -0.123. The maximum absolute atomic E-state index is 11.7. The van der Waals surface area contributed by atoms with Gasteiger partial charge in [-0.2, -0.15) is 5.10 Å². The van der Waals surface area contributed by atoms with Crippen molar-refractivity contribution in [1.82, 2.24) is 5.43 Å². The van der Waals surface area contributed by atoms with Gasteiger partial charge in [-0.1, -0.05) is 31.9 Å². The molecule has 0 atom stereocenters.